The first-order valence-electron chi connectivity index (χ1n) is 15.7. The van der Waals surface area contributed by atoms with Gasteiger partial charge in [0.1, 0.15) is 0 Å². The lowest BCUT2D eigenvalue weighted by Gasteiger charge is -2.30. The third-order valence-electron chi connectivity index (χ3n) is 9.77. The van der Waals surface area contributed by atoms with Crippen LogP contribution in [0.2, 0.25) is 0 Å². The molecule has 0 saturated carbocycles. The number of carbonyl (C=O) groups is 2. The van der Waals surface area contributed by atoms with Crippen molar-refractivity contribution in [2.24, 2.45) is 11.8 Å². The summed E-state index contributed by atoms with van der Waals surface area (Å²) in [6.07, 6.45) is 8.11. The van der Waals surface area contributed by atoms with E-state index in [1.54, 1.807) is 0 Å². The number of carbonyl (C=O) groups excluding carboxylic acids is 2. The Labute approximate surface area is 239 Å². The van der Waals surface area contributed by atoms with E-state index in [2.05, 4.69) is 60.0 Å². The Morgan fingerprint density at radius 2 is 1.25 bits per heavy atom. The second-order valence-electron chi connectivity index (χ2n) is 12.8. The Hall–Kier alpha value is -2.82. The topological polar surface area (TPSA) is 40.6 Å². The molecular weight excluding hydrogens is 492 g/mol. The van der Waals surface area contributed by atoms with Gasteiger partial charge in [-0.3, -0.25) is 9.59 Å². The predicted molar refractivity (Wildman–Crippen MR) is 165 cm³/mol. The fourth-order valence-electron chi connectivity index (χ4n) is 7.05. The summed E-state index contributed by atoms with van der Waals surface area (Å²) in [6.45, 7) is 11.4. The first kappa shape index (κ1) is 27.4. The van der Waals surface area contributed by atoms with Gasteiger partial charge in [0.05, 0.1) is 0 Å². The second kappa shape index (κ2) is 12.0. The molecule has 0 amide bonds. The third kappa shape index (κ3) is 5.66. The average molecular weight is 537 g/mol. The van der Waals surface area contributed by atoms with E-state index in [9.17, 15) is 9.59 Å². The highest BCUT2D eigenvalue weighted by Crippen LogP contribution is 2.48. The third-order valence-corrected chi connectivity index (χ3v) is 9.77. The molecule has 6 rings (SSSR count). The lowest BCUT2D eigenvalue weighted by atomic mass is 9.94. The largest absolute Gasteiger partial charge is 0.303 e. The smallest absolute Gasteiger partial charge is 0.163 e. The number of likely N-dealkylation sites (tertiary alicyclic amines) is 2. The molecule has 2 heterocycles. The second-order valence-corrected chi connectivity index (χ2v) is 12.8. The van der Waals surface area contributed by atoms with Gasteiger partial charge in [-0.05, 0) is 129 Å². The summed E-state index contributed by atoms with van der Waals surface area (Å²) < 4.78 is 0. The van der Waals surface area contributed by atoms with Crippen LogP contribution in [0.15, 0.2) is 48.5 Å². The van der Waals surface area contributed by atoms with Crippen LogP contribution in [0.5, 0.6) is 0 Å². The molecule has 4 nitrogen and oxygen atoms in total. The van der Waals surface area contributed by atoms with Gasteiger partial charge in [0.15, 0.2) is 11.6 Å². The van der Waals surface area contributed by atoms with Crippen molar-refractivity contribution in [3.63, 3.8) is 0 Å². The van der Waals surface area contributed by atoms with E-state index in [1.807, 2.05) is 12.1 Å². The van der Waals surface area contributed by atoms with Crippen LogP contribution < -0.4 is 0 Å². The molecule has 4 heteroatoms. The van der Waals surface area contributed by atoms with Crippen molar-refractivity contribution in [3.8, 4) is 22.3 Å². The van der Waals surface area contributed by atoms with Crippen molar-refractivity contribution in [2.75, 3.05) is 39.3 Å². The summed E-state index contributed by atoms with van der Waals surface area (Å²) in [7, 11) is 0. The molecule has 40 heavy (non-hydrogen) atoms. The Bertz CT molecular complexity index is 1390. The standard InChI is InChI=1S/C36H44N2O2/c1-25-14-20-37(21-15-25)18-4-8-34(39)27-10-11-28-30-6-3-7-31-29(12-13-32(36(30)31)33(28)24-27)35(40)9-5-19-38-22-16-26(2)17-23-38/h3,6-7,10-13,24-26H,4-5,8-9,14-23H2,1-2H3. The fraction of sp³-hybridized carbons (Fsp3) is 0.500. The van der Waals surface area contributed by atoms with E-state index in [0.29, 0.717) is 12.8 Å². The minimum absolute atomic E-state index is 0.232. The van der Waals surface area contributed by atoms with Crippen molar-refractivity contribution in [2.45, 2.75) is 65.2 Å². The molecule has 2 saturated heterocycles. The zero-order valence-electron chi connectivity index (χ0n) is 24.4. The number of nitrogens with zero attached hydrogens (tertiary/aromatic N) is 2. The highest BCUT2D eigenvalue weighted by atomic mass is 16.1. The molecule has 1 aliphatic carbocycles. The van der Waals surface area contributed by atoms with E-state index in [1.165, 1.54) is 49.9 Å². The van der Waals surface area contributed by atoms with Gasteiger partial charge in [0, 0.05) is 24.0 Å². The summed E-state index contributed by atoms with van der Waals surface area (Å²) in [4.78, 5) is 31.6. The summed E-state index contributed by atoms with van der Waals surface area (Å²) in [5.41, 5.74) is 6.27. The van der Waals surface area contributed by atoms with Crippen LogP contribution in [-0.2, 0) is 0 Å². The number of piperidine rings is 2. The maximum Gasteiger partial charge on any atom is 0.163 e. The quantitative estimate of drug-likeness (QED) is 0.193. The number of fused-ring (bicyclic) bond motifs is 3. The van der Waals surface area contributed by atoms with Gasteiger partial charge in [0.25, 0.3) is 0 Å². The van der Waals surface area contributed by atoms with Crippen molar-refractivity contribution in [3.05, 3.63) is 59.7 Å². The molecule has 0 radical (unpaired) electrons. The van der Waals surface area contributed by atoms with E-state index in [4.69, 9.17) is 0 Å². The van der Waals surface area contributed by atoms with Crippen molar-refractivity contribution in [1.82, 2.24) is 9.80 Å². The molecule has 2 fully saturated rings. The Balaban J connectivity index is 1.14. The molecule has 0 N–H and O–H groups in total. The first-order valence-corrected chi connectivity index (χ1v) is 15.7. The monoisotopic (exact) mass is 536 g/mol. The van der Waals surface area contributed by atoms with E-state index < -0.39 is 0 Å². The molecule has 3 aliphatic rings. The molecule has 210 valence electrons. The van der Waals surface area contributed by atoms with Crippen LogP contribution in [0.3, 0.4) is 0 Å². The van der Waals surface area contributed by atoms with Crippen LogP contribution in [-0.4, -0.2) is 60.6 Å². The zero-order chi connectivity index (χ0) is 27.6. The number of ketones is 2. The number of hydrogen-bond donors (Lipinski definition) is 0. The van der Waals surface area contributed by atoms with Crippen LogP contribution in [0.25, 0.3) is 33.0 Å². The minimum Gasteiger partial charge on any atom is -0.303 e. The highest BCUT2D eigenvalue weighted by molar-refractivity contribution is 6.21. The van der Waals surface area contributed by atoms with E-state index in [0.717, 1.165) is 83.9 Å². The van der Waals surface area contributed by atoms with E-state index in [-0.39, 0.29) is 11.6 Å². The maximum atomic E-state index is 13.4. The van der Waals surface area contributed by atoms with Gasteiger partial charge in [-0.2, -0.15) is 0 Å². The summed E-state index contributed by atoms with van der Waals surface area (Å²) in [6, 6.07) is 16.7. The molecule has 0 aromatic heterocycles. The summed E-state index contributed by atoms with van der Waals surface area (Å²) in [5.74, 6) is 2.14. The van der Waals surface area contributed by atoms with Gasteiger partial charge in [0.2, 0.25) is 0 Å². The molecular formula is C36H44N2O2. The lowest BCUT2D eigenvalue weighted by molar-refractivity contribution is 0.0964. The van der Waals surface area contributed by atoms with Gasteiger partial charge >= 0.3 is 0 Å². The number of rotatable bonds is 10. The number of Topliss-reactive ketones (excluding diaryl/α,β-unsaturated/α-hetero) is 2. The predicted octanol–water partition coefficient (Wildman–Crippen LogP) is 7.88. The highest BCUT2D eigenvalue weighted by Gasteiger charge is 2.25. The van der Waals surface area contributed by atoms with Crippen LogP contribution in [0, 0.1) is 11.8 Å². The molecule has 0 unspecified atom stereocenters. The fourth-order valence-corrected chi connectivity index (χ4v) is 7.05. The van der Waals surface area contributed by atoms with Crippen LogP contribution in [0.4, 0.5) is 0 Å². The molecule has 0 bridgehead atoms. The van der Waals surface area contributed by atoms with Crippen LogP contribution in [0.1, 0.15) is 85.9 Å². The zero-order valence-corrected chi connectivity index (χ0v) is 24.4. The summed E-state index contributed by atoms with van der Waals surface area (Å²) >= 11 is 0. The van der Waals surface area contributed by atoms with Crippen LogP contribution >= 0.6 is 0 Å². The number of benzene rings is 3. The van der Waals surface area contributed by atoms with Gasteiger partial charge in [-0.25, -0.2) is 0 Å². The molecule has 3 aromatic rings. The molecule has 0 spiro atoms. The van der Waals surface area contributed by atoms with Gasteiger partial charge in [-0.1, -0.05) is 56.3 Å². The van der Waals surface area contributed by atoms with Gasteiger partial charge < -0.3 is 9.80 Å². The Kier molecular flexibility index (Phi) is 8.18. The minimum atomic E-state index is 0.232. The first-order chi connectivity index (χ1) is 19.5. The molecule has 0 atom stereocenters. The Morgan fingerprint density at radius 3 is 1.90 bits per heavy atom. The number of hydrogen-bond acceptors (Lipinski definition) is 4. The lowest BCUT2D eigenvalue weighted by Crippen LogP contribution is -2.33. The average Bonchev–Trinajstić information content (AvgIpc) is 3.29. The molecule has 2 aliphatic heterocycles. The SMILES string of the molecule is CC1CCN(CCCC(=O)c2ccc3c(c2)-c2ccc(C(=O)CCCN4CCC(C)CC4)c4cccc-3c24)CC1. The van der Waals surface area contributed by atoms with E-state index >= 15 is 0 Å². The molecule has 3 aromatic carbocycles. The van der Waals surface area contributed by atoms with Crippen molar-refractivity contribution < 1.29 is 9.59 Å². The Morgan fingerprint density at radius 1 is 0.675 bits per heavy atom. The normalized spacial score (nSPS) is 18.4. The van der Waals surface area contributed by atoms with Crippen molar-refractivity contribution >= 4 is 22.3 Å². The summed E-state index contributed by atoms with van der Waals surface area (Å²) in [5, 5.41) is 2.21. The maximum absolute atomic E-state index is 13.4. The van der Waals surface area contributed by atoms with Crippen molar-refractivity contribution in [1.29, 1.82) is 0 Å². The van der Waals surface area contributed by atoms with Gasteiger partial charge in [-0.15, -0.1) is 0 Å².